The summed E-state index contributed by atoms with van der Waals surface area (Å²) in [6.45, 7) is 5.81. The molecule has 1 fully saturated rings. The van der Waals surface area contributed by atoms with E-state index in [1.54, 1.807) is 16.2 Å². The van der Waals surface area contributed by atoms with Gasteiger partial charge in [0.15, 0.2) is 6.61 Å². The molecule has 1 aromatic heterocycles. The zero-order chi connectivity index (χ0) is 21.1. The van der Waals surface area contributed by atoms with Crippen molar-refractivity contribution in [2.45, 2.75) is 25.9 Å². The molecule has 4 rings (SSSR count). The molecular weight excluding hydrogens is 405 g/mol. The average molecular weight is 432 g/mol. The van der Waals surface area contributed by atoms with Gasteiger partial charge in [-0.2, -0.15) is 0 Å². The zero-order valence-corrected chi connectivity index (χ0v) is 17.9. The minimum atomic E-state index is -0.339. The van der Waals surface area contributed by atoms with E-state index in [4.69, 9.17) is 4.74 Å². The molecule has 2 aliphatic rings. The van der Waals surface area contributed by atoms with E-state index in [2.05, 4.69) is 16.3 Å². The first-order valence-corrected chi connectivity index (χ1v) is 11.1. The number of amides is 2. The van der Waals surface area contributed by atoms with Crippen LogP contribution >= 0.6 is 11.3 Å². The van der Waals surface area contributed by atoms with Gasteiger partial charge in [-0.3, -0.25) is 14.5 Å². The normalized spacial score (nSPS) is 18.1. The molecule has 30 heavy (non-hydrogen) atoms. The smallest absolute Gasteiger partial charge is 0.260 e. The van der Waals surface area contributed by atoms with E-state index >= 15 is 0 Å². The molecule has 2 amide bonds. The van der Waals surface area contributed by atoms with Gasteiger partial charge in [0.1, 0.15) is 11.6 Å². The topological polar surface area (TPSA) is 53.1 Å². The maximum atomic E-state index is 13.0. The van der Waals surface area contributed by atoms with Crippen LogP contribution in [0, 0.1) is 5.82 Å². The lowest BCUT2D eigenvalue weighted by Crippen LogP contribution is -2.56. The molecule has 0 radical (unpaired) electrons. The highest BCUT2D eigenvalue weighted by atomic mass is 32.1. The summed E-state index contributed by atoms with van der Waals surface area (Å²) in [7, 11) is 0. The number of hydrogen-bond acceptors (Lipinski definition) is 5. The first kappa shape index (κ1) is 20.8. The van der Waals surface area contributed by atoms with Gasteiger partial charge in [-0.05, 0) is 54.6 Å². The third-order valence-corrected chi connectivity index (χ3v) is 6.89. The summed E-state index contributed by atoms with van der Waals surface area (Å²) in [4.78, 5) is 32.7. The van der Waals surface area contributed by atoms with Gasteiger partial charge in [0.25, 0.3) is 5.91 Å². The van der Waals surface area contributed by atoms with E-state index in [0.717, 1.165) is 13.0 Å². The minimum absolute atomic E-state index is 0.0726. The average Bonchev–Trinajstić information content (AvgIpc) is 3.25. The first-order valence-electron chi connectivity index (χ1n) is 10.3. The van der Waals surface area contributed by atoms with Gasteiger partial charge in [0.05, 0.1) is 6.04 Å². The molecule has 1 aromatic carbocycles. The molecule has 160 valence electrons. The van der Waals surface area contributed by atoms with Crippen molar-refractivity contribution in [2.75, 3.05) is 39.3 Å². The van der Waals surface area contributed by atoms with Crippen LogP contribution in [0.2, 0.25) is 0 Å². The highest BCUT2D eigenvalue weighted by Gasteiger charge is 2.31. The second-order valence-electron chi connectivity index (χ2n) is 7.71. The van der Waals surface area contributed by atoms with Gasteiger partial charge in [-0.25, -0.2) is 4.39 Å². The Hall–Kier alpha value is -2.45. The number of ether oxygens (including phenoxy) is 1. The molecule has 0 aliphatic carbocycles. The van der Waals surface area contributed by atoms with Crippen LogP contribution in [0.5, 0.6) is 5.75 Å². The summed E-state index contributed by atoms with van der Waals surface area (Å²) in [5.74, 6) is 0.192. The number of fused-ring (bicyclic) bond motifs is 1. The number of nitrogens with zero attached hydrogens (tertiary/aromatic N) is 3. The highest BCUT2D eigenvalue weighted by Crippen LogP contribution is 2.25. The molecule has 0 saturated carbocycles. The second kappa shape index (κ2) is 9.14. The van der Waals surface area contributed by atoms with Crippen LogP contribution in [0.4, 0.5) is 4.39 Å². The number of carbonyl (C=O) groups excluding carboxylic acids is 2. The lowest BCUT2D eigenvalue weighted by molar-refractivity contribution is -0.140. The molecule has 3 heterocycles. The number of halogens is 1. The standard InChI is InChI=1S/C22H26FN3O3S/c1-16(22(28)26-8-6-20-17(14-26)7-13-30-20)24-9-11-25(12-10-24)21(27)15-29-19-4-2-18(23)3-5-19/h2-5,7,13,16H,6,8-12,14-15H2,1H3. The molecule has 1 atom stereocenters. The molecule has 2 aliphatic heterocycles. The summed E-state index contributed by atoms with van der Waals surface area (Å²) in [5.41, 5.74) is 1.27. The van der Waals surface area contributed by atoms with Crippen molar-refractivity contribution >= 4 is 23.2 Å². The minimum Gasteiger partial charge on any atom is -0.484 e. The van der Waals surface area contributed by atoms with Gasteiger partial charge in [0, 0.05) is 44.1 Å². The van der Waals surface area contributed by atoms with Crippen LogP contribution in [0.1, 0.15) is 17.4 Å². The van der Waals surface area contributed by atoms with Crippen LogP contribution in [-0.2, 0) is 22.6 Å². The summed E-state index contributed by atoms with van der Waals surface area (Å²) in [6.07, 6.45) is 0.932. The summed E-state index contributed by atoms with van der Waals surface area (Å²) >= 11 is 1.77. The van der Waals surface area contributed by atoms with E-state index in [1.807, 2.05) is 11.8 Å². The van der Waals surface area contributed by atoms with Crippen LogP contribution in [0.25, 0.3) is 0 Å². The molecule has 1 saturated heterocycles. The molecule has 2 aromatic rings. The fraction of sp³-hybridized carbons (Fsp3) is 0.455. The van der Waals surface area contributed by atoms with Crippen molar-refractivity contribution in [3.8, 4) is 5.75 Å². The van der Waals surface area contributed by atoms with Gasteiger partial charge in [-0.1, -0.05) is 0 Å². The highest BCUT2D eigenvalue weighted by molar-refractivity contribution is 7.10. The molecule has 0 spiro atoms. The summed E-state index contributed by atoms with van der Waals surface area (Å²) in [6, 6.07) is 7.54. The van der Waals surface area contributed by atoms with E-state index in [0.29, 0.717) is 38.5 Å². The zero-order valence-electron chi connectivity index (χ0n) is 17.1. The van der Waals surface area contributed by atoms with Crippen molar-refractivity contribution in [2.24, 2.45) is 0 Å². The monoisotopic (exact) mass is 431 g/mol. The molecule has 8 heteroatoms. The second-order valence-corrected chi connectivity index (χ2v) is 8.71. The number of thiophene rings is 1. The summed E-state index contributed by atoms with van der Waals surface area (Å²) in [5, 5.41) is 2.10. The predicted molar refractivity (Wildman–Crippen MR) is 113 cm³/mol. The molecule has 1 unspecified atom stereocenters. The van der Waals surface area contributed by atoms with Gasteiger partial charge >= 0.3 is 0 Å². The number of hydrogen-bond donors (Lipinski definition) is 0. The fourth-order valence-corrected chi connectivity index (χ4v) is 4.87. The van der Waals surface area contributed by atoms with Crippen molar-refractivity contribution in [3.05, 3.63) is 52.0 Å². The van der Waals surface area contributed by atoms with Crippen molar-refractivity contribution in [3.63, 3.8) is 0 Å². The van der Waals surface area contributed by atoms with Gasteiger partial charge in [-0.15, -0.1) is 11.3 Å². The molecule has 0 N–H and O–H groups in total. The Morgan fingerprint density at radius 3 is 2.53 bits per heavy atom. The summed E-state index contributed by atoms with van der Waals surface area (Å²) < 4.78 is 18.4. The molecular formula is C22H26FN3O3S. The molecule has 0 bridgehead atoms. The van der Waals surface area contributed by atoms with Gasteiger partial charge < -0.3 is 14.5 Å². The van der Waals surface area contributed by atoms with E-state index in [9.17, 15) is 14.0 Å². The quantitative estimate of drug-likeness (QED) is 0.730. The Morgan fingerprint density at radius 2 is 1.80 bits per heavy atom. The van der Waals surface area contributed by atoms with Crippen LogP contribution in [0.15, 0.2) is 35.7 Å². The fourth-order valence-electron chi connectivity index (χ4n) is 3.98. The number of benzene rings is 1. The largest absolute Gasteiger partial charge is 0.484 e. The van der Waals surface area contributed by atoms with Crippen molar-refractivity contribution in [1.29, 1.82) is 0 Å². The van der Waals surface area contributed by atoms with Crippen LogP contribution in [-0.4, -0.2) is 71.9 Å². The predicted octanol–water partition coefficient (Wildman–Crippen LogP) is 2.38. The third-order valence-electron chi connectivity index (χ3n) is 5.87. The van der Waals surface area contributed by atoms with E-state index in [1.165, 1.54) is 34.7 Å². The SMILES string of the molecule is CC(C(=O)N1CCc2sccc2C1)N1CCN(C(=O)COc2ccc(F)cc2)CC1. The first-order chi connectivity index (χ1) is 14.5. The Kier molecular flexibility index (Phi) is 6.34. The van der Waals surface area contributed by atoms with Crippen molar-refractivity contribution in [1.82, 2.24) is 14.7 Å². The third kappa shape index (κ3) is 4.65. The Morgan fingerprint density at radius 1 is 1.07 bits per heavy atom. The number of piperazine rings is 1. The Bertz CT molecular complexity index is 893. The maximum Gasteiger partial charge on any atom is 0.260 e. The lowest BCUT2D eigenvalue weighted by Gasteiger charge is -2.39. The Balaban J connectivity index is 1.24. The maximum absolute atomic E-state index is 13.0. The van der Waals surface area contributed by atoms with E-state index < -0.39 is 0 Å². The van der Waals surface area contributed by atoms with Crippen LogP contribution < -0.4 is 4.74 Å². The van der Waals surface area contributed by atoms with Gasteiger partial charge in [0.2, 0.25) is 5.91 Å². The van der Waals surface area contributed by atoms with Crippen molar-refractivity contribution < 1.29 is 18.7 Å². The molecule has 6 nitrogen and oxygen atoms in total. The number of rotatable bonds is 5. The number of carbonyl (C=O) groups is 2. The Labute approximate surface area is 179 Å². The van der Waals surface area contributed by atoms with E-state index in [-0.39, 0.29) is 30.3 Å². The lowest BCUT2D eigenvalue weighted by atomic mass is 10.1. The van der Waals surface area contributed by atoms with Crippen LogP contribution in [0.3, 0.4) is 0 Å².